The van der Waals surface area contributed by atoms with Crippen LogP contribution in [0.1, 0.15) is 12.8 Å². The fraction of sp³-hybridized carbons (Fsp3) is 0.800. The minimum atomic E-state index is 0.495. The van der Waals surface area contributed by atoms with Crippen LogP contribution in [-0.2, 0) is 9.53 Å². The van der Waals surface area contributed by atoms with Gasteiger partial charge in [0.15, 0.2) is 0 Å². The van der Waals surface area contributed by atoms with Crippen molar-refractivity contribution >= 4 is 18.2 Å². The van der Waals surface area contributed by atoms with Gasteiger partial charge in [-0.15, -0.1) is 11.8 Å². The second-order valence-corrected chi connectivity index (χ2v) is 2.98. The van der Waals surface area contributed by atoms with Crippen LogP contribution in [0.25, 0.3) is 0 Å². The largest absolute Gasteiger partial charge is 0.457 e. The molecule has 1 aliphatic rings. The molecule has 0 atom stereocenters. The van der Waals surface area contributed by atoms with Gasteiger partial charge in [-0.1, -0.05) is 0 Å². The molecule has 0 heterocycles. The van der Waals surface area contributed by atoms with Gasteiger partial charge in [0, 0.05) is 5.25 Å². The average Bonchev–Trinajstić information content (AvgIpc) is 2.51. The summed E-state index contributed by atoms with van der Waals surface area (Å²) in [6, 6.07) is 0. The van der Waals surface area contributed by atoms with E-state index >= 15 is 0 Å². The van der Waals surface area contributed by atoms with Crippen LogP contribution in [0.3, 0.4) is 0 Å². The Morgan fingerprint density at radius 2 is 2.50 bits per heavy atom. The maximum atomic E-state index is 9.57. The molecule has 1 aliphatic carbocycles. The smallest absolute Gasteiger partial charge is 0.293 e. The lowest BCUT2D eigenvalue weighted by molar-refractivity contribution is -0.126. The molecule has 0 saturated heterocycles. The second-order valence-electron chi connectivity index (χ2n) is 1.75. The van der Waals surface area contributed by atoms with Gasteiger partial charge in [-0.2, -0.15) is 0 Å². The van der Waals surface area contributed by atoms with Gasteiger partial charge in [0.05, 0.1) is 0 Å². The molecule has 0 bridgehead atoms. The summed E-state index contributed by atoms with van der Waals surface area (Å²) in [4.78, 5) is 9.57. The first-order chi connectivity index (χ1) is 3.93. The van der Waals surface area contributed by atoms with Gasteiger partial charge in [0.2, 0.25) is 0 Å². The van der Waals surface area contributed by atoms with Gasteiger partial charge < -0.3 is 4.74 Å². The zero-order chi connectivity index (χ0) is 5.82. The first-order valence-corrected chi connectivity index (χ1v) is 3.65. The van der Waals surface area contributed by atoms with E-state index in [0.717, 1.165) is 5.25 Å². The summed E-state index contributed by atoms with van der Waals surface area (Å²) < 4.78 is 4.47. The van der Waals surface area contributed by atoms with E-state index in [1.54, 1.807) is 11.8 Å². The predicted octanol–water partition coefficient (Wildman–Crippen LogP) is 1.01. The number of hydrogen-bond donors (Lipinski definition) is 0. The number of carbonyl (C=O) groups excluding carboxylic acids is 1. The normalized spacial score (nSPS) is 18.0. The Morgan fingerprint density at radius 3 is 3.00 bits per heavy atom. The number of ether oxygens (including phenoxy) is 1. The summed E-state index contributed by atoms with van der Waals surface area (Å²) >= 11 is 1.71. The molecule has 1 rings (SSSR count). The van der Waals surface area contributed by atoms with Crippen molar-refractivity contribution in [3.05, 3.63) is 0 Å². The van der Waals surface area contributed by atoms with Crippen LogP contribution in [-0.4, -0.2) is 17.7 Å². The topological polar surface area (TPSA) is 26.3 Å². The first-order valence-electron chi connectivity index (χ1n) is 2.60. The molecular weight excluding hydrogens is 124 g/mol. The molecule has 0 aromatic carbocycles. The number of carbonyl (C=O) groups is 1. The van der Waals surface area contributed by atoms with E-state index in [4.69, 9.17) is 0 Å². The fourth-order valence-electron chi connectivity index (χ4n) is 0.398. The van der Waals surface area contributed by atoms with E-state index < -0.39 is 0 Å². The van der Waals surface area contributed by atoms with Crippen molar-refractivity contribution in [1.82, 2.24) is 0 Å². The summed E-state index contributed by atoms with van der Waals surface area (Å²) in [5.74, 6) is 0.536. The van der Waals surface area contributed by atoms with Gasteiger partial charge in [-0.3, -0.25) is 4.79 Å². The third-order valence-corrected chi connectivity index (χ3v) is 2.18. The van der Waals surface area contributed by atoms with Gasteiger partial charge in [0.1, 0.15) is 5.94 Å². The molecule has 0 aliphatic heterocycles. The zero-order valence-electron chi connectivity index (χ0n) is 4.50. The summed E-state index contributed by atoms with van der Waals surface area (Å²) in [6.07, 6.45) is 2.60. The van der Waals surface area contributed by atoms with E-state index in [9.17, 15) is 4.79 Å². The maximum absolute atomic E-state index is 9.57. The standard InChI is InChI=1S/C5H8O2S/c6-3-7-4-8-5-1-2-5/h3,5H,1-2,4H2. The number of hydrogen-bond acceptors (Lipinski definition) is 3. The van der Waals surface area contributed by atoms with Gasteiger partial charge >= 0.3 is 0 Å². The van der Waals surface area contributed by atoms with E-state index in [-0.39, 0.29) is 0 Å². The Balaban J connectivity index is 1.80. The maximum Gasteiger partial charge on any atom is 0.293 e. The molecule has 1 saturated carbocycles. The first kappa shape index (κ1) is 5.95. The molecule has 0 spiro atoms. The Bertz CT molecular complexity index is 80.5. The van der Waals surface area contributed by atoms with Gasteiger partial charge in [-0.25, -0.2) is 0 Å². The van der Waals surface area contributed by atoms with E-state index in [1.807, 2.05) is 0 Å². The highest BCUT2D eigenvalue weighted by atomic mass is 32.2. The minimum absolute atomic E-state index is 0.495. The molecule has 1 fully saturated rings. The van der Waals surface area contributed by atoms with Crippen molar-refractivity contribution < 1.29 is 9.53 Å². The lowest BCUT2D eigenvalue weighted by atomic mass is 11.0. The van der Waals surface area contributed by atoms with Crippen LogP contribution in [0.15, 0.2) is 0 Å². The Hall–Kier alpha value is -0.180. The van der Waals surface area contributed by atoms with E-state index in [0.29, 0.717) is 12.4 Å². The number of rotatable bonds is 4. The molecule has 0 unspecified atom stereocenters. The second kappa shape index (κ2) is 2.97. The van der Waals surface area contributed by atoms with Crippen LogP contribution in [0.4, 0.5) is 0 Å². The highest BCUT2D eigenvalue weighted by molar-refractivity contribution is 8.00. The average molecular weight is 132 g/mol. The van der Waals surface area contributed by atoms with Crippen molar-refractivity contribution in [3.8, 4) is 0 Å². The van der Waals surface area contributed by atoms with Crippen LogP contribution in [0.2, 0.25) is 0 Å². The lowest BCUT2D eigenvalue weighted by Gasteiger charge is -1.92. The molecule has 0 aromatic rings. The van der Waals surface area contributed by atoms with Crippen molar-refractivity contribution in [2.24, 2.45) is 0 Å². The lowest BCUT2D eigenvalue weighted by Crippen LogP contribution is -1.86. The van der Waals surface area contributed by atoms with Crippen molar-refractivity contribution in [3.63, 3.8) is 0 Å². The third-order valence-electron chi connectivity index (χ3n) is 0.964. The minimum Gasteiger partial charge on any atom is -0.457 e. The van der Waals surface area contributed by atoms with Crippen molar-refractivity contribution in [2.45, 2.75) is 18.1 Å². The van der Waals surface area contributed by atoms with Gasteiger partial charge in [0.25, 0.3) is 6.47 Å². The van der Waals surface area contributed by atoms with Crippen molar-refractivity contribution in [2.75, 3.05) is 5.94 Å². The Kier molecular flexibility index (Phi) is 2.21. The molecule has 0 N–H and O–H groups in total. The predicted molar refractivity (Wildman–Crippen MR) is 32.6 cm³/mol. The van der Waals surface area contributed by atoms with Crippen molar-refractivity contribution in [1.29, 1.82) is 0 Å². The monoisotopic (exact) mass is 132 g/mol. The number of thioether (sulfide) groups is 1. The Labute approximate surface area is 52.6 Å². The molecule has 3 heteroatoms. The highest BCUT2D eigenvalue weighted by Crippen LogP contribution is 2.33. The molecule has 46 valence electrons. The third kappa shape index (κ3) is 2.21. The van der Waals surface area contributed by atoms with Crippen LogP contribution < -0.4 is 0 Å². The molecule has 0 amide bonds. The van der Waals surface area contributed by atoms with Crippen LogP contribution in [0, 0.1) is 0 Å². The quantitative estimate of drug-likeness (QED) is 0.324. The zero-order valence-corrected chi connectivity index (χ0v) is 5.32. The van der Waals surface area contributed by atoms with E-state index in [2.05, 4.69) is 4.74 Å². The SMILES string of the molecule is O=COCSC1CC1. The fourth-order valence-corrected chi connectivity index (χ4v) is 1.19. The summed E-state index contributed by atoms with van der Waals surface area (Å²) in [5.41, 5.74) is 0. The summed E-state index contributed by atoms with van der Waals surface area (Å²) in [5, 5.41) is 0.787. The van der Waals surface area contributed by atoms with Gasteiger partial charge in [-0.05, 0) is 12.8 Å². The molecule has 8 heavy (non-hydrogen) atoms. The Morgan fingerprint density at radius 1 is 1.75 bits per heavy atom. The van der Waals surface area contributed by atoms with Crippen LogP contribution >= 0.6 is 11.8 Å². The summed E-state index contributed by atoms with van der Waals surface area (Å²) in [7, 11) is 0. The molecular formula is C5H8O2S. The highest BCUT2D eigenvalue weighted by Gasteiger charge is 2.21. The molecule has 2 nitrogen and oxygen atoms in total. The molecule has 0 radical (unpaired) electrons. The summed E-state index contributed by atoms with van der Waals surface area (Å²) in [6.45, 7) is 0.495. The van der Waals surface area contributed by atoms with Crippen LogP contribution in [0.5, 0.6) is 0 Å². The van der Waals surface area contributed by atoms with E-state index in [1.165, 1.54) is 12.8 Å². The molecule has 0 aromatic heterocycles.